The number of nitrogens with one attached hydrogen (secondary N) is 2. The van der Waals surface area contributed by atoms with Crippen LogP contribution in [0.5, 0.6) is 0 Å². The zero-order chi connectivity index (χ0) is 10.8. The number of hydrogen-bond acceptors (Lipinski definition) is 2. The van der Waals surface area contributed by atoms with Gasteiger partial charge in [0.2, 0.25) is 0 Å². The third-order valence-electron chi connectivity index (χ3n) is 3.01. The highest BCUT2D eigenvalue weighted by Gasteiger charge is 2.28. The molecule has 2 unspecified atom stereocenters. The largest absolute Gasteiger partial charge is 1.00 e. The first kappa shape index (κ1) is 13.5. The van der Waals surface area contributed by atoms with Crippen molar-refractivity contribution in [1.29, 1.82) is 0 Å². The van der Waals surface area contributed by atoms with Crippen molar-refractivity contribution in [3.63, 3.8) is 0 Å². The SMILES string of the molecule is CC1=CC(Nc2ccccc2)N(C)[NH+]1C.[I-]. The highest BCUT2D eigenvalue weighted by atomic mass is 127. The van der Waals surface area contributed by atoms with Crippen molar-refractivity contribution in [2.45, 2.75) is 13.1 Å². The summed E-state index contributed by atoms with van der Waals surface area (Å²) in [6.45, 7) is 2.15. The van der Waals surface area contributed by atoms with Gasteiger partial charge in [-0.25, -0.2) is 5.01 Å². The van der Waals surface area contributed by atoms with E-state index in [0.29, 0.717) is 0 Å². The Labute approximate surface area is 114 Å². The number of benzene rings is 1. The monoisotopic (exact) mass is 331 g/mol. The molecule has 4 heteroatoms. The molecule has 1 aromatic rings. The molecule has 0 bridgehead atoms. The predicted molar refractivity (Wildman–Crippen MR) is 62.3 cm³/mol. The van der Waals surface area contributed by atoms with Gasteiger partial charge in [0.05, 0.1) is 7.05 Å². The Morgan fingerprint density at radius 2 is 1.88 bits per heavy atom. The number of para-hydroxylation sites is 1. The number of quaternary nitrogens is 1. The maximum Gasteiger partial charge on any atom is 0.151 e. The van der Waals surface area contributed by atoms with Crippen LogP contribution in [0.2, 0.25) is 0 Å². The molecule has 16 heavy (non-hydrogen) atoms. The molecule has 1 aromatic carbocycles. The first-order valence-corrected chi connectivity index (χ1v) is 5.25. The van der Waals surface area contributed by atoms with E-state index in [1.165, 1.54) is 10.7 Å². The molecule has 0 radical (unpaired) electrons. The van der Waals surface area contributed by atoms with E-state index in [1.807, 2.05) is 18.2 Å². The Morgan fingerprint density at radius 1 is 1.25 bits per heavy atom. The summed E-state index contributed by atoms with van der Waals surface area (Å²) in [5, 5.41) is 7.07. The molecule has 1 aliphatic heterocycles. The molecule has 0 saturated carbocycles. The van der Waals surface area contributed by atoms with Gasteiger partial charge in [0.1, 0.15) is 5.70 Å². The Bertz CT molecular complexity index is 364. The Kier molecular flexibility index (Phi) is 4.76. The second-order valence-corrected chi connectivity index (χ2v) is 4.00. The molecule has 3 nitrogen and oxygen atoms in total. The number of allylic oxidation sites excluding steroid dienone is 1. The van der Waals surface area contributed by atoms with E-state index in [9.17, 15) is 0 Å². The molecule has 1 aliphatic rings. The summed E-state index contributed by atoms with van der Waals surface area (Å²) >= 11 is 0. The Morgan fingerprint density at radius 3 is 2.38 bits per heavy atom. The summed E-state index contributed by atoms with van der Waals surface area (Å²) < 4.78 is 0. The second kappa shape index (κ2) is 5.65. The van der Waals surface area contributed by atoms with Crippen LogP contribution in [0.1, 0.15) is 6.92 Å². The lowest BCUT2D eigenvalue weighted by Gasteiger charge is -2.23. The van der Waals surface area contributed by atoms with Gasteiger partial charge in [-0.05, 0) is 12.1 Å². The number of nitrogens with zero attached hydrogens (tertiary/aromatic N) is 1. The summed E-state index contributed by atoms with van der Waals surface area (Å²) in [6, 6.07) is 10.3. The molecule has 88 valence electrons. The molecule has 0 saturated heterocycles. The maximum absolute atomic E-state index is 3.48. The first-order chi connectivity index (χ1) is 7.18. The van der Waals surface area contributed by atoms with Gasteiger partial charge in [0.15, 0.2) is 6.17 Å². The lowest BCUT2D eigenvalue weighted by atomic mass is 10.3. The van der Waals surface area contributed by atoms with Crippen molar-refractivity contribution < 1.29 is 29.0 Å². The third kappa shape index (κ3) is 2.75. The van der Waals surface area contributed by atoms with E-state index in [1.54, 1.807) is 0 Å². The average Bonchev–Trinajstić information content (AvgIpc) is 2.48. The minimum atomic E-state index is 0. The fourth-order valence-corrected chi connectivity index (χ4v) is 1.80. The lowest BCUT2D eigenvalue weighted by Crippen LogP contribution is -3.12. The van der Waals surface area contributed by atoms with E-state index in [0.717, 1.165) is 5.69 Å². The number of rotatable bonds is 2. The molecule has 1 heterocycles. The maximum atomic E-state index is 3.48. The van der Waals surface area contributed by atoms with Crippen molar-refractivity contribution in [3.8, 4) is 0 Å². The van der Waals surface area contributed by atoms with Crippen molar-refractivity contribution >= 4 is 5.69 Å². The van der Waals surface area contributed by atoms with Gasteiger partial charge >= 0.3 is 0 Å². The summed E-state index contributed by atoms with van der Waals surface area (Å²) in [4.78, 5) is 0. The van der Waals surface area contributed by atoms with Gasteiger partial charge < -0.3 is 29.3 Å². The number of hydrogen-bond donors (Lipinski definition) is 2. The molecule has 2 rings (SSSR count). The van der Waals surface area contributed by atoms with Gasteiger partial charge in [-0.15, -0.1) is 5.01 Å². The molecule has 0 spiro atoms. The summed E-state index contributed by atoms with van der Waals surface area (Å²) in [5.74, 6) is 0. The first-order valence-electron chi connectivity index (χ1n) is 5.25. The van der Waals surface area contributed by atoms with Crippen LogP contribution >= 0.6 is 0 Å². The van der Waals surface area contributed by atoms with E-state index in [4.69, 9.17) is 0 Å². The fourth-order valence-electron chi connectivity index (χ4n) is 1.80. The van der Waals surface area contributed by atoms with Crippen LogP contribution in [0.3, 0.4) is 0 Å². The van der Waals surface area contributed by atoms with Crippen molar-refractivity contribution in [3.05, 3.63) is 42.1 Å². The second-order valence-electron chi connectivity index (χ2n) is 4.00. The molecule has 2 N–H and O–H groups in total. The van der Waals surface area contributed by atoms with Crippen LogP contribution in [-0.2, 0) is 0 Å². The van der Waals surface area contributed by atoms with Crippen LogP contribution < -0.4 is 34.3 Å². The Hall–Kier alpha value is -0.590. The Balaban J connectivity index is 0.00000128. The zero-order valence-corrected chi connectivity index (χ0v) is 12.0. The summed E-state index contributed by atoms with van der Waals surface area (Å²) in [7, 11) is 4.27. The van der Waals surface area contributed by atoms with Crippen LogP contribution in [0.4, 0.5) is 5.69 Å². The molecule has 0 aliphatic carbocycles. The molecular formula is C12H18IN3. The fraction of sp³-hybridized carbons (Fsp3) is 0.333. The topological polar surface area (TPSA) is 19.7 Å². The highest BCUT2D eigenvalue weighted by molar-refractivity contribution is 5.44. The molecular weight excluding hydrogens is 313 g/mol. The quantitative estimate of drug-likeness (QED) is 0.595. The summed E-state index contributed by atoms with van der Waals surface area (Å²) in [5.41, 5.74) is 2.51. The van der Waals surface area contributed by atoms with Crippen molar-refractivity contribution in [2.75, 3.05) is 19.4 Å². The normalized spacial score (nSPS) is 24.8. The van der Waals surface area contributed by atoms with Crippen LogP contribution in [0.15, 0.2) is 42.1 Å². The van der Waals surface area contributed by atoms with Gasteiger partial charge in [0, 0.05) is 25.7 Å². The average molecular weight is 331 g/mol. The lowest BCUT2D eigenvalue weighted by molar-refractivity contribution is -0.956. The van der Waals surface area contributed by atoms with Crippen molar-refractivity contribution in [1.82, 2.24) is 5.01 Å². The van der Waals surface area contributed by atoms with Gasteiger partial charge in [-0.1, -0.05) is 18.2 Å². The number of anilines is 1. The third-order valence-corrected chi connectivity index (χ3v) is 3.01. The number of halogens is 1. The smallest absolute Gasteiger partial charge is 0.151 e. The van der Waals surface area contributed by atoms with Gasteiger partial charge in [-0.3, -0.25) is 0 Å². The van der Waals surface area contributed by atoms with E-state index in [-0.39, 0.29) is 30.1 Å². The summed E-state index contributed by atoms with van der Waals surface area (Å²) in [6.07, 6.45) is 2.54. The van der Waals surface area contributed by atoms with Crippen LogP contribution in [0.25, 0.3) is 0 Å². The van der Waals surface area contributed by atoms with Gasteiger partial charge in [0.25, 0.3) is 0 Å². The van der Waals surface area contributed by atoms with E-state index >= 15 is 0 Å². The number of likely N-dealkylation sites (N-methyl/N-ethyl adjacent to an activating group) is 1. The standard InChI is InChI=1S/C12H17N3.HI/c1-10-9-12(15(3)14(10)2)13-11-7-5-4-6-8-11;/h4-9,12-13H,1-3H3;1H. The minimum Gasteiger partial charge on any atom is -1.00 e. The van der Waals surface area contributed by atoms with Crippen molar-refractivity contribution in [2.24, 2.45) is 0 Å². The molecule has 0 aromatic heterocycles. The van der Waals surface area contributed by atoms with Crippen LogP contribution in [0, 0.1) is 0 Å². The molecule has 2 atom stereocenters. The van der Waals surface area contributed by atoms with Crippen LogP contribution in [-0.4, -0.2) is 25.3 Å². The minimum absolute atomic E-state index is 0. The van der Waals surface area contributed by atoms with E-state index < -0.39 is 0 Å². The molecule has 0 amide bonds. The predicted octanol–water partition coefficient (Wildman–Crippen LogP) is -2.29. The zero-order valence-electron chi connectivity index (χ0n) is 9.87. The molecule has 0 fully saturated rings. The van der Waals surface area contributed by atoms with E-state index in [2.05, 4.69) is 49.6 Å². The highest BCUT2D eigenvalue weighted by Crippen LogP contribution is 2.10. The van der Waals surface area contributed by atoms with Gasteiger partial charge in [-0.2, -0.15) is 0 Å².